The predicted octanol–water partition coefficient (Wildman–Crippen LogP) is 3.34. The third kappa shape index (κ3) is 3.58. The first-order valence-corrected chi connectivity index (χ1v) is 8.90. The maximum absolute atomic E-state index is 12.8. The zero-order valence-corrected chi connectivity index (χ0v) is 14.2. The van der Waals surface area contributed by atoms with Crippen LogP contribution in [0.15, 0.2) is 54.4 Å². The van der Waals surface area contributed by atoms with E-state index in [1.807, 2.05) is 53.7 Å². The Labute approximate surface area is 148 Å². The SMILES string of the molecule is O=C(C1=Cc2ccccc2OC1)N1CCC(Cc2cccnc2)CC1. The summed E-state index contributed by atoms with van der Waals surface area (Å²) in [6.45, 7) is 2.01. The van der Waals surface area contributed by atoms with Crippen LogP contribution in [-0.2, 0) is 11.2 Å². The third-order valence-corrected chi connectivity index (χ3v) is 5.06. The van der Waals surface area contributed by atoms with Crippen LogP contribution in [0.1, 0.15) is 24.0 Å². The van der Waals surface area contributed by atoms with Gasteiger partial charge in [0.1, 0.15) is 12.4 Å². The number of rotatable bonds is 3. The number of likely N-dealkylation sites (tertiary alicyclic amines) is 1. The molecule has 1 aromatic carbocycles. The molecule has 25 heavy (non-hydrogen) atoms. The number of amides is 1. The fourth-order valence-electron chi connectivity index (χ4n) is 3.64. The van der Waals surface area contributed by atoms with Crippen molar-refractivity contribution in [2.45, 2.75) is 19.3 Å². The van der Waals surface area contributed by atoms with E-state index in [0.717, 1.165) is 49.2 Å². The van der Waals surface area contributed by atoms with Gasteiger partial charge in [-0.2, -0.15) is 0 Å². The van der Waals surface area contributed by atoms with E-state index in [0.29, 0.717) is 12.5 Å². The Balaban J connectivity index is 1.36. The fourth-order valence-corrected chi connectivity index (χ4v) is 3.64. The van der Waals surface area contributed by atoms with Crippen LogP contribution in [0.5, 0.6) is 5.75 Å². The monoisotopic (exact) mass is 334 g/mol. The van der Waals surface area contributed by atoms with Crippen LogP contribution in [0.4, 0.5) is 0 Å². The Morgan fingerprint density at radius 2 is 2.00 bits per heavy atom. The third-order valence-electron chi connectivity index (χ3n) is 5.06. The Morgan fingerprint density at radius 3 is 2.80 bits per heavy atom. The molecule has 2 aliphatic heterocycles. The molecule has 2 aliphatic rings. The molecule has 0 unspecified atom stereocenters. The van der Waals surface area contributed by atoms with Gasteiger partial charge >= 0.3 is 0 Å². The number of para-hydroxylation sites is 1. The van der Waals surface area contributed by atoms with Gasteiger partial charge in [-0.1, -0.05) is 24.3 Å². The van der Waals surface area contributed by atoms with E-state index in [9.17, 15) is 4.79 Å². The van der Waals surface area contributed by atoms with Gasteiger partial charge in [-0.25, -0.2) is 0 Å². The summed E-state index contributed by atoms with van der Waals surface area (Å²) in [7, 11) is 0. The minimum atomic E-state index is 0.120. The van der Waals surface area contributed by atoms with Gasteiger partial charge in [-0.3, -0.25) is 9.78 Å². The number of ether oxygens (including phenoxy) is 1. The van der Waals surface area contributed by atoms with Gasteiger partial charge in [0.15, 0.2) is 0 Å². The topological polar surface area (TPSA) is 42.4 Å². The molecular weight excluding hydrogens is 312 g/mol. The zero-order valence-electron chi connectivity index (χ0n) is 14.2. The molecule has 3 heterocycles. The van der Waals surface area contributed by atoms with Crippen molar-refractivity contribution in [1.82, 2.24) is 9.88 Å². The summed E-state index contributed by atoms with van der Waals surface area (Å²) in [5.74, 6) is 1.61. The standard InChI is InChI=1S/C21H22N2O2/c24-21(19-13-18-5-1-2-6-20(18)25-15-19)23-10-7-16(8-11-23)12-17-4-3-9-22-14-17/h1-6,9,13-14,16H,7-8,10-12,15H2. The van der Waals surface area contributed by atoms with Crippen molar-refractivity contribution in [3.05, 3.63) is 65.5 Å². The lowest BCUT2D eigenvalue weighted by Crippen LogP contribution is -2.40. The van der Waals surface area contributed by atoms with E-state index < -0.39 is 0 Å². The Morgan fingerprint density at radius 1 is 1.16 bits per heavy atom. The fraction of sp³-hybridized carbons (Fsp3) is 0.333. The van der Waals surface area contributed by atoms with Crippen LogP contribution < -0.4 is 4.74 Å². The van der Waals surface area contributed by atoms with Crippen LogP contribution >= 0.6 is 0 Å². The number of benzene rings is 1. The number of carbonyl (C=O) groups excluding carboxylic acids is 1. The number of carbonyl (C=O) groups is 1. The highest BCUT2D eigenvalue weighted by Gasteiger charge is 2.26. The van der Waals surface area contributed by atoms with Crippen LogP contribution in [0.25, 0.3) is 6.08 Å². The number of piperidine rings is 1. The summed E-state index contributed by atoms with van der Waals surface area (Å²) in [6.07, 6.45) is 8.87. The molecule has 1 aromatic heterocycles. The molecule has 1 amide bonds. The normalized spacial score (nSPS) is 17.4. The molecular formula is C21H22N2O2. The molecule has 1 saturated heterocycles. The minimum absolute atomic E-state index is 0.120. The molecule has 0 N–H and O–H groups in total. The van der Waals surface area contributed by atoms with Gasteiger partial charge in [0, 0.05) is 31.0 Å². The zero-order chi connectivity index (χ0) is 17.1. The molecule has 1 fully saturated rings. The number of hydrogen-bond acceptors (Lipinski definition) is 3. The van der Waals surface area contributed by atoms with E-state index in [1.165, 1.54) is 5.56 Å². The average Bonchev–Trinajstić information content (AvgIpc) is 2.68. The van der Waals surface area contributed by atoms with Crippen molar-refractivity contribution in [2.75, 3.05) is 19.7 Å². The van der Waals surface area contributed by atoms with Gasteiger partial charge in [-0.05, 0) is 49.0 Å². The lowest BCUT2D eigenvalue weighted by molar-refractivity contribution is -0.128. The van der Waals surface area contributed by atoms with Crippen LogP contribution in [-0.4, -0.2) is 35.5 Å². The lowest BCUT2D eigenvalue weighted by Gasteiger charge is -2.33. The van der Waals surface area contributed by atoms with E-state index in [4.69, 9.17) is 4.74 Å². The summed E-state index contributed by atoms with van der Waals surface area (Å²) in [5, 5.41) is 0. The maximum atomic E-state index is 12.8. The first kappa shape index (κ1) is 15.9. The second kappa shape index (κ2) is 7.09. The quantitative estimate of drug-likeness (QED) is 0.864. The largest absolute Gasteiger partial charge is 0.488 e. The van der Waals surface area contributed by atoms with Crippen molar-refractivity contribution in [2.24, 2.45) is 5.92 Å². The Kier molecular flexibility index (Phi) is 4.51. The minimum Gasteiger partial charge on any atom is -0.488 e. The molecule has 2 aromatic rings. The van der Waals surface area contributed by atoms with E-state index >= 15 is 0 Å². The van der Waals surface area contributed by atoms with Gasteiger partial charge in [0.05, 0.1) is 5.57 Å². The van der Waals surface area contributed by atoms with E-state index in [-0.39, 0.29) is 5.91 Å². The first-order valence-electron chi connectivity index (χ1n) is 8.90. The molecule has 0 spiro atoms. The summed E-state index contributed by atoms with van der Waals surface area (Å²) in [4.78, 5) is 19.0. The molecule has 0 atom stereocenters. The van der Waals surface area contributed by atoms with Gasteiger partial charge in [-0.15, -0.1) is 0 Å². The second-order valence-electron chi connectivity index (χ2n) is 6.80. The maximum Gasteiger partial charge on any atom is 0.253 e. The van der Waals surface area contributed by atoms with Crippen molar-refractivity contribution in [3.8, 4) is 5.75 Å². The van der Waals surface area contributed by atoms with Crippen molar-refractivity contribution in [3.63, 3.8) is 0 Å². The summed E-state index contributed by atoms with van der Waals surface area (Å²) >= 11 is 0. The van der Waals surface area contributed by atoms with Crippen LogP contribution in [0.3, 0.4) is 0 Å². The molecule has 0 radical (unpaired) electrons. The van der Waals surface area contributed by atoms with Crippen molar-refractivity contribution < 1.29 is 9.53 Å². The highest BCUT2D eigenvalue weighted by atomic mass is 16.5. The predicted molar refractivity (Wildman–Crippen MR) is 97.2 cm³/mol. The van der Waals surface area contributed by atoms with Gasteiger partial charge in [0.2, 0.25) is 0 Å². The Hall–Kier alpha value is -2.62. The number of fused-ring (bicyclic) bond motifs is 1. The molecule has 4 nitrogen and oxygen atoms in total. The highest BCUT2D eigenvalue weighted by Crippen LogP contribution is 2.28. The van der Waals surface area contributed by atoms with Crippen molar-refractivity contribution in [1.29, 1.82) is 0 Å². The van der Waals surface area contributed by atoms with Crippen molar-refractivity contribution >= 4 is 12.0 Å². The number of pyridine rings is 1. The van der Waals surface area contributed by atoms with E-state index in [1.54, 1.807) is 0 Å². The highest BCUT2D eigenvalue weighted by molar-refractivity contribution is 5.99. The summed E-state index contributed by atoms with van der Waals surface area (Å²) in [6, 6.07) is 12.0. The first-order chi connectivity index (χ1) is 12.3. The molecule has 0 bridgehead atoms. The number of nitrogens with zero attached hydrogens (tertiary/aromatic N) is 2. The van der Waals surface area contributed by atoms with Gasteiger partial charge < -0.3 is 9.64 Å². The smallest absolute Gasteiger partial charge is 0.253 e. The lowest BCUT2D eigenvalue weighted by atomic mass is 9.90. The second-order valence-corrected chi connectivity index (χ2v) is 6.80. The molecule has 4 heteroatoms. The van der Waals surface area contributed by atoms with E-state index in [2.05, 4.69) is 11.1 Å². The number of aromatic nitrogens is 1. The van der Waals surface area contributed by atoms with Crippen LogP contribution in [0, 0.1) is 5.92 Å². The molecule has 4 rings (SSSR count). The van der Waals surface area contributed by atoms with Crippen LogP contribution in [0.2, 0.25) is 0 Å². The molecule has 0 aliphatic carbocycles. The molecule has 0 saturated carbocycles. The molecule has 128 valence electrons. The average molecular weight is 334 g/mol. The van der Waals surface area contributed by atoms with Gasteiger partial charge in [0.25, 0.3) is 5.91 Å². The summed E-state index contributed by atoms with van der Waals surface area (Å²) < 4.78 is 5.73. The summed E-state index contributed by atoms with van der Waals surface area (Å²) in [5.41, 5.74) is 3.03. The number of hydrogen-bond donors (Lipinski definition) is 0. The Bertz CT molecular complexity index is 777.